The van der Waals surface area contributed by atoms with Gasteiger partial charge in [0.2, 0.25) is 5.89 Å². The third kappa shape index (κ3) is 7.96. The number of halogens is 3. The lowest BCUT2D eigenvalue weighted by Crippen LogP contribution is -2.36. The van der Waals surface area contributed by atoms with Crippen LogP contribution in [0.15, 0.2) is 41.1 Å². The Morgan fingerprint density at radius 2 is 2.00 bits per heavy atom. The fraction of sp³-hybridized carbons (Fsp3) is 0.458. The smallest absolute Gasteiger partial charge is 0.412 e. The molecular weight excluding hydrogens is 491 g/mol. The second-order valence-electron chi connectivity index (χ2n) is 8.17. The Bertz CT molecular complexity index is 1200. The molecule has 1 unspecified atom stereocenters. The Kier molecular flexibility index (Phi) is 9.10. The van der Waals surface area contributed by atoms with Gasteiger partial charge in [-0.05, 0) is 48.9 Å². The van der Waals surface area contributed by atoms with Gasteiger partial charge in [0.1, 0.15) is 5.75 Å². The molecule has 2 aliphatic rings. The highest BCUT2D eigenvalue weighted by molar-refractivity contribution is 5.90. The molecule has 1 N–H and O–H groups in total. The molecular formula is C24H28F3N7O3. The molecule has 1 aliphatic carbocycles. The number of likely N-dealkylation sites (tertiary alicyclic amines) is 1. The van der Waals surface area contributed by atoms with Gasteiger partial charge < -0.3 is 19.4 Å². The lowest BCUT2D eigenvalue weighted by Gasteiger charge is -2.12. The highest BCUT2D eigenvalue weighted by Gasteiger charge is 2.33. The maximum Gasteiger partial charge on any atom is 0.573 e. The Hall–Kier alpha value is -4.08. The summed E-state index contributed by atoms with van der Waals surface area (Å²) >= 11 is 0. The molecule has 37 heavy (non-hydrogen) atoms. The van der Waals surface area contributed by atoms with E-state index in [9.17, 15) is 18.0 Å². The van der Waals surface area contributed by atoms with E-state index in [1.54, 1.807) is 16.9 Å². The number of alkyl halides is 3. The molecule has 13 heteroatoms. The number of nitriles is 1. The number of rotatable bonds is 5. The number of aryl methyl sites for hydroxylation is 1. The summed E-state index contributed by atoms with van der Waals surface area (Å²) in [6, 6.07) is 5.66. The molecule has 1 aromatic carbocycles. The summed E-state index contributed by atoms with van der Waals surface area (Å²) in [6.45, 7) is 4.94. The second kappa shape index (κ2) is 12.2. The SMILES string of the molecule is CC.Cn1cccn1.N#CN1CCC(NC(=O)c2nnc(-c3cc(OC(F)(F)F)ccc3C3CC3)o2)C1. The summed E-state index contributed by atoms with van der Waals surface area (Å²) in [5.41, 5.74) is 1.09. The summed E-state index contributed by atoms with van der Waals surface area (Å²) in [5, 5.41) is 23.0. The van der Waals surface area contributed by atoms with Crippen molar-refractivity contribution in [3.05, 3.63) is 48.1 Å². The van der Waals surface area contributed by atoms with Crippen LogP contribution in [0.5, 0.6) is 5.75 Å². The predicted molar refractivity (Wildman–Crippen MR) is 126 cm³/mol. The number of nitrogens with zero attached hydrogens (tertiary/aromatic N) is 6. The van der Waals surface area contributed by atoms with E-state index in [2.05, 4.69) is 25.3 Å². The maximum absolute atomic E-state index is 12.6. The standard InChI is InChI=1S/C18H16F3N5O3.C4H6N2.C2H6/c19-18(20,21)29-12-3-4-13(10-1-2-10)14(7-12)16-24-25-17(28-16)15(27)23-11-5-6-26(8-11)9-22;1-6-4-2-3-5-6;1-2/h3-4,7,10-11H,1-2,5-6,8H2,(H,23,27);2-4H,1H3;1-2H3. The number of carbonyl (C=O) groups is 1. The molecule has 0 bridgehead atoms. The third-order valence-electron chi connectivity index (χ3n) is 5.43. The van der Waals surface area contributed by atoms with E-state index in [1.165, 1.54) is 17.0 Å². The van der Waals surface area contributed by atoms with Gasteiger partial charge in [-0.1, -0.05) is 19.9 Å². The minimum absolute atomic E-state index is 0.0465. The Morgan fingerprint density at radius 1 is 1.24 bits per heavy atom. The molecule has 1 saturated heterocycles. The van der Waals surface area contributed by atoms with Crippen molar-refractivity contribution in [3.63, 3.8) is 0 Å². The van der Waals surface area contributed by atoms with Crippen molar-refractivity contribution in [1.29, 1.82) is 5.26 Å². The topological polar surface area (TPSA) is 122 Å². The number of amides is 1. The first-order valence-corrected chi connectivity index (χ1v) is 11.8. The minimum Gasteiger partial charge on any atom is -0.412 e. The van der Waals surface area contributed by atoms with E-state index in [1.807, 2.05) is 39.4 Å². The van der Waals surface area contributed by atoms with Gasteiger partial charge in [0.15, 0.2) is 6.19 Å². The first-order valence-electron chi connectivity index (χ1n) is 11.8. The van der Waals surface area contributed by atoms with Crippen LogP contribution in [0.4, 0.5) is 13.2 Å². The van der Waals surface area contributed by atoms with Gasteiger partial charge in [0.25, 0.3) is 0 Å². The van der Waals surface area contributed by atoms with E-state index < -0.39 is 18.0 Å². The molecule has 0 radical (unpaired) electrons. The van der Waals surface area contributed by atoms with Crippen LogP contribution in [0.25, 0.3) is 11.5 Å². The summed E-state index contributed by atoms with van der Waals surface area (Å²) in [7, 11) is 1.89. The van der Waals surface area contributed by atoms with E-state index in [-0.39, 0.29) is 23.7 Å². The highest BCUT2D eigenvalue weighted by atomic mass is 19.4. The van der Waals surface area contributed by atoms with Crippen LogP contribution in [0.3, 0.4) is 0 Å². The third-order valence-corrected chi connectivity index (χ3v) is 5.43. The summed E-state index contributed by atoms with van der Waals surface area (Å²) < 4.78 is 48.8. The molecule has 5 rings (SSSR count). The van der Waals surface area contributed by atoms with E-state index in [4.69, 9.17) is 9.68 Å². The van der Waals surface area contributed by atoms with Crippen LogP contribution in [0.1, 0.15) is 55.3 Å². The molecule has 3 heterocycles. The van der Waals surface area contributed by atoms with Crippen LogP contribution in [-0.4, -0.2) is 56.3 Å². The summed E-state index contributed by atoms with van der Waals surface area (Å²) in [6.07, 6.45) is 3.26. The number of carbonyl (C=O) groups excluding carboxylic acids is 1. The zero-order valence-corrected chi connectivity index (χ0v) is 20.7. The van der Waals surface area contributed by atoms with Crippen molar-refractivity contribution in [3.8, 4) is 23.4 Å². The predicted octanol–water partition coefficient (Wildman–Crippen LogP) is 4.24. The van der Waals surface area contributed by atoms with Gasteiger partial charge in [0.05, 0.1) is 0 Å². The van der Waals surface area contributed by atoms with Gasteiger partial charge in [0, 0.05) is 44.1 Å². The van der Waals surface area contributed by atoms with Crippen LogP contribution in [0.2, 0.25) is 0 Å². The van der Waals surface area contributed by atoms with Crippen molar-refractivity contribution in [2.45, 2.75) is 51.4 Å². The van der Waals surface area contributed by atoms with Crippen LogP contribution in [-0.2, 0) is 7.05 Å². The molecule has 10 nitrogen and oxygen atoms in total. The lowest BCUT2D eigenvalue weighted by atomic mass is 10.0. The Morgan fingerprint density at radius 3 is 2.54 bits per heavy atom. The number of ether oxygens (including phenoxy) is 1. The Labute approximate surface area is 212 Å². The van der Waals surface area contributed by atoms with E-state index >= 15 is 0 Å². The average Bonchev–Trinajstić information content (AvgIpc) is 3.23. The number of hydrogen-bond donors (Lipinski definition) is 1. The fourth-order valence-electron chi connectivity index (χ4n) is 3.65. The highest BCUT2D eigenvalue weighted by Crippen LogP contribution is 2.45. The molecule has 3 aromatic rings. The number of aromatic nitrogens is 4. The molecule has 198 valence electrons. The zero-order valence-electron chi connectivity index (χ0n) is 20.7. The van der Waals surface area contributed by atoms with Gasteiger partial charge in [-0.3, -0.25) is 9.48 Å². The average molecular weight is 520 g/mol. The molecule has 1 aliphatic heterocycles. The Balaban J connectivity index is 0.000000412. The second-order valence-corrected chi connectivity index (χ2v) is 8.17. The first-order chi connectivity index (χ1) is 17.7. The van der Waals surface area contributed by atoms with Gasteiger partial charge in [-0.25, -0.2) is 0 Å². The van der Waals surface area contributed by atoms with Crippen molar-refractivity contribution < 1.29 is 27.1 Å². The van der Waals surface area contributed by atoms with Crippen molar-refractivity contribution >= 4 is 5.91 Å². The van der Waals surface area contributed by atoms with Gasteiger partial charge in [-0.15, -0.1) is 23.4 Å². The maximum atomic E-state index is 12.6. The molecule has 2 aromatic heterocycles. The van der Waals surface area contributed by atoms with Gasteiger partial charge in [-0.2, -0.15) is 10.4 Å². The van der Waals surface area contributed by atoms with E-state index in [0.29, 0.717) is 25.1 Å². The number of nitrogens with one attached hydrogen (secondary N) is 1. The lowest BCUT2D eigenvalue weighted by molar-refractivity contribution is -0.274. The van der Waals surface area contributed by atoms with Crippen LogP contribution >= 0.6 is 0 Å². The molecule has 1 saturated carbocycles. The van der Waals surface area contributed by atoms with Crippen molar-refractivity contribution in [2.24, 2.45) is 7.05 Å². The van der Waals surface area contributed by atoms with Gasteiger partial charge >= 0.3 is 18.2 Å². The molecule has 0 spiro atoms. The largest absolute Gasteiger partial charge is 0.573 e. The molecule has 1 atom stereocenters. The van der Waals surface area contributed by atoms with Crippen LogP contribution < -0.4 is 10.1 Å². The molecule has 1 amide bonds. The fourth-order valence-corrected chi connectivity index (χ4v) is 3.65. The number of benzene rings is 1. The number of hydrogen-bond acceptors (Lipinski definition) is 8. The normalized spacial score (nSPS) is 16.6. The van der Waals surface area contributed by atoms with Crippen molar-refractivity contribution in [1.82, 2.24) is 30.2 Å². The quantitative estimate of drug-likeness (QED) is 0.497. The minimum atomic E-state index is -4.82. The summed E-state index contributed by atoms with van der Waals surface area (Å²) in [5.74, 6) is -1.13. The molecule has 2 fully saturated rings. The van der Waals surface area contributed by atoms with Crippen molar-refractivity contribution in [2.75, 3.05) is 13.1 Å². The first kappa shape index (κ1) is 27.5. The van der Waals surface area contributed by atoms with Crippen LogP contribution in [0, 0.1) is 11.5 Å². The van der Waals surface area contributed by atoms with E-state index in [0.717, 1.165) is 18.4 Å². The zero-order chi connectivity index (χ0) is 27.0. The summed E-state index contributed by atoms with van der Waals surface area (Å²) in [4.78, 5) is 13.9. The monoisotopic (exact) mass is 519 g/mol.